The maximum atomic E-state index is 14.3. The Bertz CT molecular complexity index is 1180. The fourth-order valence-corrected chi connectivity index (χ4v) is 4.78. The molecule has 1 aliphatic rings. The van der Waals surface area contributed by atoms with Gasteiger partial charge < -0.3 is 14.5 Å². The van der Waals surface area contributed by atoms with Crippen molar-refractivity contribution in [3.63, 3.8) is 0 Å². The van der Waals surface area contributed by atoms with Crippen molar-refractivity contribution in [2.75, 3.05) is 43.6 Å². The number of benzene rings is 1. The van der Waals surface area contributed by atoms with Gasteiger partial charge in [-0.2, -0.15) is 10.2 Å². The highest BCUT2D eigenvalue weighted by Crippen LogP contribution is 2.39. The predicted octanol–water partition coefficient (Wildman–Crippen LogP) is 1.85. The molecule has 0 spiro atoms. The van der Waals surface area contributed by atoms with Crippen LogP contribution in [0.3, 0.4) is 0 Å². The van der Waals surface area contributed by atoms with E-state index in [1.807, 2.05) is 0 Å². The molecular weight excluding hydrogens is 443 g/mol. The minimum absolute atomic E-state index is 0.0243. The SMILES string of the molecule is CC1CN(c2nc(N(C)C)nc(C(C#N)S(=O)(=O)c3ccccc3F)c2[N+](=O)[O-])CCO1. The molecule has 1 aromatic heterocycles. The van der Waals surface area contributed by atoms with Crippen LogP contribution < -0.4 is 9.80 Å². The van der Waals surface area contributed by atoms with Gasteiger partial charge in [0.05, 0.1) is 23.7 Å². The van der Waals surface area contributed by atoms with Crippen LogP contribution in [0.15, 0.2) is 29.2 Å². The quantitative estimate of drug-likeness (QED) is 0.459. The molecule has 2 heterocycles. The van der Waals surface area contributed by atoms with E-state index in [9.17, 15) is 28.2 Å². The van der Waals surface area contributed by atoms with Crippen LogP contribution in [0.5, 0.6) is 0 Å². The summed E-state index contributed by atoms with van der Waals surface area (Å²) in [6.07, 6.45) is -0.251. The molecule has 170 valence electrons. The molecule has 3 rings (SSSR count). The molecule has 1 aliphatic heterocycles. The lowest BCUT2D eigenvalue weighted by Crippen LogP contribution is -2.42. The first kappa shape index (κ1) is 23.3. The van der Waals surface area contributed by atoms with E-state index in [2.05, 4.69) is 9.97 Å². The predicted molar refractivity (Wildman–Crippen MR) is 113 cm³/mol. The topological polar surface area (TPSA) is 143 Å². The first-order valence-corrected chi connectivity index (χ1v) is 11.1. The second-order valence-electron chi connectivity index (χ2n) is 7.34. The lowest BCUT2D eigenvalue weighted by molar-refractivity contribution is -0.385. The van der Waals surface area contributed by atoms with E-state index < -0.39 is 42.1 Å². The third kappa shape index (κ3) is 4.32. The van der Waals surface area contributed by atoms with Crippen LogP contribution in [0.1, 0.15) is 17.9 Å². The maximum Gasteiger partial charge on any atom is 0.335 e. The third-order valence-corrected chi connectivity index (χ3v) is 6.72. The molecule has 2 aromatic rings. The molecule has 0 amide bonds. The van der Waals surface area contributed by atoms with Crippen molar-refractivity contribution < 1.29 is 22.5 Å². The maximum absolute atomic E-state index is 14.3. The van der Waals surface area contributed by atoms with Gasteiger partial charge in [-0.05, 0) is 19.1 Å². The molecule has 2 atom stereocenters. The van der Waals surface area contributed by atoms with Crippen LogP contribution in [0.4, 0.5) is 21.8 Å². The number of rotatable bonds is 6. The van der Waals surface area contributed by atoms with Crippen molar-refractivity contribution in [3.8, 4) is 6.07 Å². The number of nitriles is 1. The molecule has 2 unspecified atom stereocenters. The van der Waals surface area contributed by atoms with Gasteiger partial charge in [0.2, 0.25) is 26.9 Å². The van der Waals surface area contributed by atoms with Gasteiger partial charge in [0.1, 0.15) is 10.7 Å². The number of hydrogen-bond acceptors (Lipinski definition) is 10. The summed E-state index contributed by atoms with van der Waals surface area (Å²) in [5, 5.41) is 19.7. The summed E-state index contributed by atoms with van der Waals surface area (Å²) in [5.74, 6) is -1.22. The van der Waals surface area contributed by atoms with Crippen LogP contribution in [-0.2, 0) is 14.6 Å². The first-order chi connectivity index (χ1) is 15.1. The fourth-order valence-electron chi connectivity index (χ4n) is 3.32. The molecule has 0 aliphatic carbocycles. The summed E-state index contributed by atoms with van der Waals surface area (Å²) in [6.45, 7) is 2.60. The minimum atomic E-state index is -4.68. The van der Waals surface area contributed by atoms with Gasteiger partial charge in [-0.1, -0.05) is 12.1 Å². The number of ether oxygens (including phenoxy) is 1. The Morgan fingerprint density at radius 3 is 2.62 bits per heavy atom. The Kier molecular flexibility index (Phi) is 6.56. The van der Waals surface area contributed by atoms with Gasteiger partial charge in [-0.15, -0.1) is 0 Å². The summed E-state index contributed by atoms with van der Waals surface area (Å²) >= 11 is 0. The molecule has 11 nitrogen and oxygen atoms in total. The molecule has 0 saturated carbocycles. The normalized spacial score (nSPS) is 17.5. The van der Waals surface area contributed by atoms with Crippen LogP contribution >= 0.6 is 0 Å². The highest BCUT2D eigenvalue weighted by molar-refractivity contribution is 7.92. The Morgan fingerprint density at radius 1 is 1.38 bits per heavy atom. The summed E-state index contributed by atoms with van der Waals surface area (Å²) in [7, 11) is -1.54. The average Bonchev–Trinajstić information content (AvgIpc) is 2.73. The van der Waals surface area contributed by atoms with E-state index in [1.165, 1.54) is 17.0 Å². The van der Waals surface area contributed by atoms with Gasteiger partial charge in [0.15, 0.2) is 5.69 Å². The van der Waals surface area contributed by atoms with E-state index in [-0.39, 0.29) is 37.6 Å². The molecular formula is C19H21FN6O5S. The fraction of sp³-hybridized carbons (Fsp3) is 0.421. The van der Waals surface area contributed by atoms with Gasteiger partial charge >= 0.3 is 5.69 Å². The zero-order valence-corrected chi connectivity index (χ0v) is 18.4. The number of sulfone groups is 1. The lowest BCUT2D eigenvalue weighted by atomic mass is 10.2. The summed E-state index contributed by atoms with van der Waals surface area (Å²) < 4.78 is 46.1. The number of nitrogens with zero attached hydrogens (tertiary/aromatic N) is 6. The molecule has 1 aromatic carbocycles. The summed E-state index contributed by atoms with van der Waals surface area (Å²) in [5.41, 5.74) is -1.33. The van der Waals surface area contributed by atoms with Gasteiger partial charge in [-0.3, -0.25) is 10.1 Å². The van der Waals surface area contributed by atoms with Crippen molar-refractivity contribution in [3.05, 3.63) is 45.9 Å². The van der Waals surface area contributed by atoms with Crippen molar-refractivity contribution in [2.45, 2.75) is 23.2 Å². The van der Waals surface area contributed by atoms with Crippen molar-refractivity contribution in [1.29, 1.82) is 5.26 Å². The van der Waals surface area contributed by atoms with Crippen molar-refractivity contribution in [2.24, 2.45) is 0 Å². The van der Waals surface area contributed by atoms with E-state index >= 15 is 0 Å². The van der Waals surface area contributed by atoms with Gasteiger partial charge in [0.25, 0.3) is 0 Å². The number of morpholine rings is 1. The number of hydrogen-bond donors (Lipinski definition) is 0. The van der Waals surface area contributed by atoms with E-state index in [4.69, 9.17) is 4.74 Å². The smallest absolute Gasteiger partial charge is 0.335 e. The lowest BCUT2D eigenvalue weighted by Gasteiger charge is -2.32. The molecule has 0 N–H and O–H groups in total. The largest absolute Gasteiger partial charge is 0.375 e. The monoisotopic (exact) mass is 464 g/mol. The van der Waals surface area contributed by atoms with Crippen LogP contribution in [0, 0.1) is 27.3 Å². The molecule has 0 bridgehead atoms. The number of halogens is 1. The van der Waals surface area contributed by atoms with Crippen molar-refractivity contribution in [1.82, 2.24) is 9.97 Å². The number of anilines is 2. The van der Waals surface area contributed by atoms with Crippen molar-refractivity contribution >= 4 is 27.3 Å². The Hall–Kier alpha value is -3.37. The average molecular weight is 464 g/mol. The second kappa shape index (κ2) is 9.01. The van der Waals surface area contributed by atoms with Crippen LogP contribution in [0.2, 0.25) is 0 Å². The molecule has 32 heavy (non-hydrogen) atoms. The summed E-state index contributed by atoms with van der Waals surface area (Å²) in [4.78, 5) is 21.9. The standard InChI is InChI=1S/C19H21FN6O5S/c1-12-11-25(8-9-31-12)18-17(26(27)28)16(22-19(23-18)24(2)3)15(10-21)32(29,30)14-7-5-4-6-13(14)20/h4-7,12,15H,8-9,11H2,1-3H3. The van der Waals surface area contributed by atoms with E-state index in [0.717, 1.165) is 12.1 Å². The molecule has 0 radical (unpaired) electrons. The Morgan fingerprint density at radius 2 is 2.06 bits per heavy atom. The molecule has 13 heteroatoms. The van der Waals surface area contributed by atoms with E-state index in [1.54, 1.807) is 32.0 Å². The van der Waals surface area contributed by atoms with Gasteiger partial charge in [-0.25, -0.2) is 17.8 Å². The molecule has 1 saturated heterocycles. The Balaban J connectivity index is 2.29. The first-order valence-electron chi connectivity index (χ1n) is 9.56. The zero-order valence-electron chi connectivity index (χ0n) is 17.6. The van der Waals surface area contributed by atoms with Crippen LogP contribution in [0.25, 0.3) is 0 Å². The number of nitro groups is 1. The minimum Gasteiger partial charge on any atom is -0.375 e. The zero-order chi connectivity index (χ0) is 23.6. The number of aromatic nitrogens is 2. The second-order valence-corrected chi connectivity index (χ2v) is 9.35. The van der Waals surface area contributed by atoms with E-state index in [0.29, 0.717) is 0 Å². The van der Waals surface area contributed by atoms with Gasteiger partial charge in [0, 0.05) is 27.2 Å². The van der Waals surface area contributed by atoms with Crippen LogP contribution in [-0.4, -0.2) is 63.2 Å². The third-order valence-electron chi connectivity index (χ3n) is 4.82. The summed E-state index contributed by atoms with van der Waals surface area (Å²) in [6, 6.07) is 6.10. The highest BCUT2D eigenvalue weighted by atomic mass is 32.2. The Labute approximate surface area is 184 Å². The highest BCUT2D eigenvalue weighted by Gasteiger charge is 2.41. The molecule has 1 fully saturated rings.